The molecule has 4 rings (SSSR count). The zero-order valence-corrected chi connectivity index (χ0v) is 13.4. The quantitative estimate of drug-likeness (QED) is 0.787. The molecule has 1 fully saturated rings. The Morgan fingerprint density at radius 2 is 2.21 bits per heavy atom. The van der Waals surface area contributed by atoms with Gasteiger partial charge in [0.15, 0.2) is 0 Å². The van der Waals surface area contributed by atoms with E-state index in [1.165, 1.54) is 0 Å². The second kappa shape index (κ2) is 6.09. The number of carbonyl (C=O) groups is 1. The number of hydrogen-bond acceptors (Lipinski definition) is 4. The molecule has 7 heteroatoms. The number of hydrogen-bond donors (Lipinski definition) is 1. The third kappa shape index (κ3) is 2.67. The van der Waals surface area contributed by atoms with Gasteiger partial charge in [-0.3, -0.25) is 14.2 Å². The number of aryl methyl sites for hydroxylation is 1. The lowest BCUT2D eigenvalue weighted by atomic mass is 10.1. The largest absolute Gasteiger partial charge is 0.370 e. The van der Waals surface area contributed by atoms with Crippen LogP contribution >= 0.6 is 0 Å². The molecule has 0 aliphatic carbocycles. The van der Waals surface area contributed by atoms with Crippen molar-refractivity contribution in [3.05, 3.63) is 48.4 Å². The van der Waals surface area contributed by atoms with E-state index in [2.05, 4.69) is 15.5 Å². The summed E-state index contributed by atoms with van der Waals surface area (Å²) >= 11 is 0. The molecule has 0 saturated carbocycles. The monoisotopic (exact) mass is 325 g/mol. The Hall–Kier alpha value is -2.67. The van der Waals surface area contributed by atoms with Crippen molar-refractivity contribution >= 4 is 16.8 Å². The number of carbonyl (C=O) groups excluding carboxylic acids is 1. The van der Waals surface area contributed by atoms with Crippen molar-refractivity contribution in [1.29, 1.82) is 0 Å². The number of benzene rings is 1. The first kappa shape index (κ1) is 14.9. The van der Waals surface area contributed by atoms with E-state index in [9.17, 15) is 4.79 Å². The summed E-state index contributed by atoms with van der Waals surface area (Å²) in [6.07, 6.45) is 4.16. The number of aromatic nitrogens is 4. The Bertz CT molecular complexity index is 869. The lowest BCUT2D eigenvalue weighted by Crippen LogP contribution is -2.39. The van der Waals surface area contributed by atoms with E-state index in [-0.39, 0.29) is 24.6 Å². The average Bonchev–Trinajstić information content (AvgIpc) is 3.28. The molecular weight excluding hydrogens is 306 g/mol. The molecule has 0 unspecified atom stereocenters. The second-order valence-electron chi connectivity index (χ2n) is 5.99. The minimum atomic E-state index is -0.157. The first-order chi connectivity index (χ1) is 11.7. The predicted molar refractivity (Wildman–Crippen MR) is 88.2 cm³/mol. The van der Waals surface area contributed by atoms with Gasteiger partial charge in [-0.2, -0.15) is 10.2 Å². The molecular formula is C17H19N5O2. The third-order valence-corrected chi connectivity index (χ3v) is 4.43. The van der Waals surface area contributed by atoms with Gasteiger partial charge in [-0.05, 0) is 18.6 Å². The summed E-state index contributed by atoms with van der Waals surface area (Å²) in [6, 6.07) is 9.74. The molecule has 0 spiro atoms. The van der Waals surface area contributed by atoms with Crippen molar-refractivity contribution in [2.75, 3.05) is 6.61 Å². The zero-order valence-electron chi connectivity index (χ0n) is 13.4. The van der Waals surface area contributed by atoms with Crippen LogP contribution in [0.5, 0.6) is 0 Å². The van der Waals surface area contributed by atoms with Crippen LogP contribution in [0.25, 0.3) is 10.9 Å². The van der Waals surface area contributed by atoms with Gasteiger partial charge in [0.25, 0.3) is 0 Å². The molecule has 3 aromatic rings. The molecule has 3 heterocycles. The molecule has 1 saturated heterocycles. The fraction of sp³-hybridized carbons (Fsp3) is 0.353. The molecule has 0 bridgehead atoms. The van der Waals surface area contributed by atoms with Crippen molar-refractivity contribution in [1.82, 2.24) is 24.9 Å². The fourth-order valence-corrected chi connectivity index (χ4v) is 3.23. The summed E-state index contributed by atoms with van der Waals surface area (Å²) in [5, 5.41) is 12.6. The Kier molecular flexibility index (Phi) is 3.78. The summed E-state index contributed by atoms with van der Waals surface area (Å²) < 4.78 is 9.31. The van der Waals surface area contributed by atoms with Crippen LogP contribution in [0.2, 0.25) is 0 Å². The number of rotatable bonds is 4. The van der Waals surface area contributed by atoms with Gasteiger partial charge in [0.2, 0.25) is 5.91 Å². The molecule has 1 amide bonds. The summed E-state index contributed by atoms with van der Waals surface area (Å²) in [5.74, 6) is -0.0634. The van der Waals surface area contributed by atoms with Crippen LogP contribution in [0.15, 0.2) is 42.7 Å². The first-order valence-corrected chi connectivity index (χ1v) is 8.02. The highest BCUT2D eigenvalue weighted by Crippen LogP contribution is 2.28. The van der Waals surface area contributed by atoms with Crippen LogP contribution in [0.1, 0.15) is 18.2 Å². The fourth-order valence-electron chi connectivity index (χ4n) is 3.23. The highest BCUT2D eigenvalue weighted by molar-refractivity contribution is 5.82. The van der Waals surface area contributed by atoms with Crippen LogP contribution in [-0.2, 0) is 23.1 Å². The molecule has 0 radical (unpaired) electrons. The lowest BCUT2D eigenvalue weighted by molar-refractivity contribution is -0.122. The molecule has 1 aromatic carbocycles. The van der Waals surface area contributed by atoms with E-state index in [1.807, 2.05) is 37.4 Å². The third-order valence-electron chi connectivity index (χ3n) is 4.43. The van der Waals surface area contributed by atoms with E-state index < -0.39 is 0 Å². The minimum Gasteiger partial charge on any atom is -0.370 e. The smallest absolute Gasteiger partial charge is 0.242 e. The molecule has 1 aliphatic heterocycles. The lowest BCUT2D eigenvalue weighted by Gasteiger charge is -2.20. The van der Waals surface area contributed by atoms with Gasteiger partial charge in [-0.1, -0.05) is 18.2 Å². The van der Waals surface area contributed by atoms with Gasteiger partial charge >= 0.3 is 0 Å². The van der Waals surface area contributed by atoms with E-state index in [4.69, 9.17) is 4.74 Å². The number of ether oxygens (including phenoxy) is 1. The Morgan fingerprint density at radius 3 is 3.04 bits per heavy atom. The van der Waals surface area contributed by atoms with Gasteiger partial charge in [0.1, 0.15) is 12.6 Å². The van der Waals surface area contributed by atoms with Crippen molar-refractivity contribution in [2.24, 2.45) is 7.05 Å². The molecule has 1 N–H and O–H groups in total. The standard InChI is InChI=1S/C17H19N5O2/c1-21-15(6-8-18-21)17-13(7-9-24-17)20-16(23)11-22-14-5-3-2-4-12(14)10-19-22/h2-6,8,10,13,17H,7,9,11H2,1H3,(H,20,23)/t13-,17-/m1/s1. The minimum absolute atomic E-state index is 0.0465. The Morgan fingerprint density at radius 1 is 1.33 bits per heavy atom. The summed E-state index contributed by atoms with van der Waals surface area (Å²) in [5.41, 5.74) is 1.93. The van der Waals surface area contributed by atoms with Gasteiger partial charge in [-0.25, -0.2) is 0 Å². The molecule has 7 nitrogen and oxygen atoms in total. The topological polar surface area (TPSA) is 74.0 Å². The number of amides is 1. The number of nitrogens with zero attached hydrogens (tertiary/aromatic N) is 4. The maximum atomic E-state index is 12.5. The van der Waals surface area contributed by atoms with Crippen LogP contribution in [0.3, 0.4) is 0 Å². The Labute approximate surface area is 139 Å². The van der Waals surface area contributed by atoms with E-state index >= 15 is 0 Å². The van der Waals surface area contributed by atoms with Gasteiger partial charge in [-0.15, -0.1) is 0 Å². The van der Waals surface area contributed by atoms with Crippen LogP contribution in [0.4, 0.5) is 0 Å². The van der Waals surface area contributed by atoms with Gasteiger partial charge < -0.3 is 10.1 Å². The summed E-state index contributed by atoms with van der Waals surface area (Å²) in [4.78, 5) is 12.5. The van der Waals surface area contributed by atoms with Crippen LogP contribution in [0, 0.1) is 0 Å². The number of para-hydroxylation sites is 1. The summed E-state index contributed by atoms with van der Waals surface area (Å²) in [7, 11) is 1.88. The van der Waals surface area contributed by atoms with E-state index in [0.717, 1.165) is 23.0 Å². The molecule has 1 aliphatic rings. The van der Waals surface area contributed by atoms with Crippen molar-refractivity contribution in [3.63, 3.8) is 0 Å². The van der Waals surface area contributed by atoms with Gasteiger partial charge in [0, 0.05) is 25.2 Å². The highest BCUT2D eigenvalue weighted by Gasteiger charge is 2.32. The predicted octanol–water partition coefficient (Wildman–Crippen LogP) is 1.42. The Balaban J connectivity index is 1.47. The number of nitrogens with one attached hydrogen (secondary N) is 1. The van der Waals surface area contributed by atoms with E-state index in [1.54, 1.807) is 21.8 Å². The summed E-state index contributed by atoms with van der Waals surface area (Å²) in [6.45, 7) is 0.827. The van der Waals surface area contributed by atoms with Gasteiger partial charge in [0.05, 0.1) is 23.4 Å². The average molecular weight is 325 g/mol. The zero-order chi connectivity index (χ0) is 16.5. The second-order valence-corrected chi connectivity index (χ2v) is 5.99. The normalized spacial score (nSPS) is 20.5. The van der Waals surface area contributed by atoms with Crippen molar-refractivity contribution in [3.8, 4) is 0 Å². The van der Waals surface area contributed by atoms with E-state index in [0.29, 0.717) is 6.61 Å². The van der Waals surface area contributed by atoms with Crippen molar-refractivity contribution < 1.29 is 9.53 Å². The highest BCUT2D eigenvalue weighted by atomic mass is 16.5. The first-order valence-electron chi connectivity index (χ1n) is 8.02. The SMILES string of the molecule is Cn1nccc1[C@@H]1OCC[C@H]1NC(=O)Cn1ncc2ccccc21. The maximum Gasteiger partial charge on any atom is 0.242 e. The molecule has 2 aromatic heterocycles. The number of fused-ring (bicyclic) bond motifs is 1. The molecule has 24 heavy (non-hydrogen) atoms. The molecule has 2 atom stereocenters. The van der Waals surface area contributed by atoms with Crippen molar-refractivity contribution in [2.45, 2.75) is 25.1 Å². The molecule has 124 valence electrons. The van der Waals surface area contributed by atoms with Crippen LogP contribution < -0.4 is 5.32 Å². The maximum absolute atomic E-state index is 12.5. The van der Waals surface area contributed by atoms with Crippen LogP contribution in [-0.4, -0.2) is 38.1 Å².